The van der Waals surface area contributed by atoms with E-state index in [4.69, 9.17) is 17.8 Å². The lowest BCUT2D eigenvalue weighted by atomic mass is 10.4. The lowest BCUT2D eigenvalue weighted by Crippen LogP contribution is -2.36. The summed E-state index contributed by atoms with van der Waals surface area (Å²) >= 11 is 2.17. The molecule has 0 spiro atoms. The number of rotatable bonds is 4. The van der Waals surface area contributed by atoms with E-state index in [1.165, 1.54) is 0 Å². The molecule has 1 aromatic heterocycles. The Morgan fingerprint density at radius 2 is 2.22 bits per heavy atom. The molecule has 0 bridgehead atoms. The molecule has 0 amide bonds. The van der Waals surface area contributed by atoms with Gasteiger partial charge in [0.1, 0.15) is 12.7 Å². The third kappa shape index (κ3) is 2.86. The van der Waals surface area contributed by atoms with Crippen LogP contribution >= 0.6 is 24.1 Å². The van der Waals surface area contributed by atoms with Gasteiger partial charge in [0.15, 0.2) is 12.3 Å². The van der Waals surface area contributed by atoms with Crippen molar-refractivity contribution in [3.05, 3.63) is 0 Å². The minimum atomic E-state index is -0.0470. The van der Waals surface area contributed by atoms with Crippen molar-refractivity contribution in [1.29, 1.82) is 0 Å². The molecule has 100 valence electrons. The summed E-state index contributed by atoms with van der Waals surface area (Å²) in [5.41, 5.74) is 0. The van der Waals surface area contributed by atoms with Gasteiger partial charge in [-0.2, -0.15) is 4.37 Å². The fraction of sp³-hybridized carbons (Fsp3) is 0.778. The lowest BCUT2D eigenvalue weighted by Gasteiger charge is -2.26. The molecule has 0 N–H and O–H groups in total. The van der Waals surface area contributed by atoms with Crippen molar-refractivity contribution in [2.24, 2.45) is 0 Å². The van der Waals surface area contributed by atoms with Crippen molar-refractivity contribution in [3.8, 4) is 5.88 Å². The minimum absolute atomic E-state index is 0.0470. The molecule has 0 unspecified atom stereocenters. The highest BCUT2D eigenvalue weighted by Gasteiger charge is 2.23. The Kier molecular flexibility index (Phi) is 4.16. The fourth-order valence-electron chi connectivity index (χ4n) is 1.70. The van der Waals surface area contributed by atoms with Gasteiger partial charge < -0.3 is 14.4 Å². The van der Waals surface area contributed by atoms with Crippen molar-refractivity contribution in [3.63, 3.8) is 0 Å². The molecule has 0 aliphatic carbocycles. The van der Waals surface area contributed by atoms with Crippen LogP contribution in [0.3, 0.4) is 0 Å². The summed E-state index contributed by atoms with van der Waals surface area (Å²) in [4.78, 5) is 2.13. The Labute approximate surface area is 113 Å². The number of nitrogens with zero attached hydrogens (tertiary/aromatic N) is 3. The van der Waals surface area contributed by atoms with E-state index in [0.717, 1.165) is 43.0 Å². The molecule has 1 atom stereocenters. The third-order valence-corrected chi connectivity index (χ3v) is 3.72. The van der Waals surface area contributed by atoms with Crippen LogP contribution in [0.15, 0.2) is 0 Å². The second-order valence-electron chi connectivity index (χ2n) is 3.87. The van der Waals surface area contributed by atoms with Gasteiger partial charge in [0.05, 0.1) is 31.5 Å². The van der Waals surface area contributed by atoms with Crippen LogP contribution < -0.4 is 9.64 Å². The van der Waals surface area contributed by atoms with Gasteiger partial charge in [-0.1, -0.05) is 0 Å². The van der Waals surface area contributed by atoms with E-state index in [9.17, 15) is 0 Å². The third-order valence-electron chi connectivity index (χ3n) is 2.64. The largest absolute Gasteiger partial charge is 0.471 e. The maximum atomic E-state index is 5.65. The van der Waals surface area contributed by atoms with E-state index >= 15 is 0 Å². The Morgan fingerprint density at radius 1 is 1.33 bits per heavy atom. The van der Waals surface area contributed by atoms with Crippen molar-refractivity contribution in [1.82, 2.24) is 8.75 Å². The normalized spacial score (nSPS) is 24.4. The van der Waals surface area contributed by atoms with Crippen LogP contribution in [0.4, 0.5) is 5.82 Å². The number of hydrogen-bond donors (Lipinski definition) is 0. The Balaban J connectivity index is 1.59. The van der Waals surface area contributed by atoms with Crippen molar-refractivity contribution < 1.29 is 17.8 Å². The SMILES string of the molecule is C1CN(c2nsnc2OC[C@@H]2COSO2)CCO1. The first kappa shape index (κ1) is 12.4. The van der Waals surface area contributed by atoms with Gasteiger partial charge in [-0.15, -0.1) is 4.37 Å². The predicted molar refractivity (Wildman–Crippen MR) is 66.9 cm³/mol. The van der Waals surface area contributed by atoms with Gasteiger partial charge in [0, 0.05) is 13.1 Å². The van der Waals surface area contributed by atoms with Crippen LogP contribution in [-0.2, 0) is 13.1 Å². The predicted octanol–water partition coefficient (Wildman–Crippen LogP) is 0.732. The van der Waals surface area contributed by atoms with E-state index in [-0.39, 0.29) is 6.10 Å². The van der Waals surface area contributed by atoms with E-state index in [0.29, 0.717) is 32.3 Å². The Bertz CT molecular complexity index is 380. The first-order chi connectivity index (χ1) is 8.93. The van der Waals surface area contributed by atoms with Crippen molar-refractivity contribution in [2.45, 2.75) is 6.10 Å². The number of aromatic nitrogens is 2. The molecule has 0 radical (unpaired) electrons. The fourth-order valence-corrected chi connectivity index (χ4v) is 2.70. The second kappa shape index (κ2) is 6.02. The number of morpholine rings is 1. The summed E-state index contributed by atoms with van der Waals surface area (Å²) < 4.78 is 29.7. The summed E-state index contributed by atoms with van der Waals surface area (Å²) in [6.07, 6.45) is -0.0470. The number of hydrogen-bond acceptors (Lipinski definition) is 9. The van der Waals surface area contributed by atoms with Crippen LogP contribution in [0.5, 0.6) is 5.88 Å². The van der Waals surface area contributed by atoms with Crippen molar-refractivity contribution >= 4 is 29.9 Å². The molecule has 18 heavy (non-hydrogen) atoms. The zero-order valence-corrected chi connectivity index (χ0v) is 11.2. The Morgan fingerprint density at radius 3 is 3.00 bits per heavy atom. The van der Waals surface area contributed by atoms with Gasteiger partial charge in [-0.25, -0.2) is 0 Å². The zero-order valence-electron chi connectivity index (χ0n) is 9.61. The number of anilines is 1. The summed E-state index contributed by atoms with van der Waals surface area (Å²) in [5.74, 6) is 1.37. The molecule has 0 aromatic carbocycles. The molecule has 0 saturated carbocycles. The topological polar surface area (TPSA) is 65.9 Å². The van der Waals surface area contributed by atoms with Crippen LogP contribution in [0, 0.1) is 0 Å². The zero-order chi connectivity index (χ0) is 12.2. The molecule has 3 rings (SSSR count). The van der Waals surface area contributed by atoms with E-state index < -0.39 is 0 Å². The molecule has 3 heterocycles. The maximum absolute atomic E-state index is 5.65. The van der Waals surface area contributed by atoms with Gasteiger partial charge in [-0.05, 0) is 0 Å². The van der Waals surface area contributed by atoms with Crippen LogP contribution in [-0.4, -0.2) is 54.4 Å². The first-order valence-corrected chi connectivity index (χ1v) is 7.06. The monoisotopic (exact) mass is 291 g/mol. The molecular formula is C9H13N3O4S2. The summed E-state index contributed by atoms with van der Waals surface area (Å²) in [6, 6.07) is 0. The van der Waals surface area contributed by atoms with Crippen LogP contribution in [0.25, 0.3) is 0 Å². The average Bonchev–Trinajstić information content (AvgIpc) is 3.09. The van der Waals surface area contributed by atoms with Gasteiger partial charge >= 0.3 is 0 Å². The van der Waals surface area contributed by atoms with Crippen LogP contribution in [0.1, 0.15) is 0 Å². The Hall–Kier alpha value is -0.610. The van der Waals surface area contributed by atoms with Gasteiger partial charge in [0.25, 0.3) is 5.88 Å². The second-order valence-corrected chi connectivity index (χ2v) is 4.97. The van der Waals surface area contributed by atoms with Crippen LogP contribution in [0.2, 0.25) is 0 Å². The summed E-state index contributed by atoms with van der Waals surface area (Å²) in [6.45, 7) is 4.03. The molecule has 2 saturated heterocycles. The number of ether oxygens (including phenoxy) is 2. The smallest absolute Gasteiger partial charge is 0.270 e. The summed E-state index contributed by atoms with van der Waals surface area (Å²) in [5, 5.41) is 0. The lowest BCUT2D eigenvalue weighted by molar-refractivity contribution is 0.121. The highest BCUT2D eigenvalue weighted by molar-refractivity contribution is 7.90. The van der Waals surface area contributed by atoms with Crippen molar-refractivity contribution in [2.75, 3.05) is 44.4 Å². The first-order valence-electron chi connectivity index (χ1n) is 5.66. The average molecular weight is 291 g/mol. The molecular weight excluding hydrogens is 278 g/mol. The van der Waals surface area contributed by atoms with E-state index in [1.807, 2.05) is 0 Å². The highest BCUT2D eigenvalue weighted by Crippen LogP contribution is 2.27. The van der Waals surface area contributed by atoms with E-state index in [2.05, 4.69) is 13.6 Å². The molecule has 1 aromatic rings. The molecule has 2 fully saturated rings. The van der Waals surface area contributed by atoms with Gasteiger partial charge in [-0.3, -0.25) is 8.37 Å². The maximum Gasteiger partial charge on any atom is 0.270 e. The molecule has 7 nitrogen and oxygen atoms in total. The minimum Gasteiger partial charge on any atom is -0.471 e. The molecule has 2 aliphatic heterocycles. The summed E-state index contributed by atoms with van der Waals surface area (Å²) in [7, 11) is 0. The van der Waals surface area contributed by atoms with Gasteiger partial charge in [0.2, 0.25) is 5.82 Å². The van der Waals surface area contributed by atoms with E-state index in [1.54, 1.807) is 0 Å². The highest BCUT2D eigenvalue weighted by atomic mass is 32.2. The molecule has 9 heteroatoms. The standard InChI is InChI=1S/C9H13N3O4S2/c1-3-13-4-2-12(1)8-9(11-17-10-8)14-5-7-6-15-18-16-7/h7H,1-6H2/t7-/m1/s1. The quantitative estimate of drug-likeness (QED) is 0.752. The molecule has 2 aliphatic rings.